The standard InChI is InChI=1S/C19H27NO2/c1-11-9-12-10-13(22-20)3-4-14(12)15-7-8-19(2)16(18(11)15)5-6-17(19)21/h3-4,10-11,15-18,21H,5-9,20H2,1-2H3/t11-,15-,16?,17+,18-,19+/m1/s1. The van der Waals surface area contributed by atoms with Crippen molar-refractivity contribution in [3.05, 3.63) is 29.3 Å². The second-order valence-corrected chi connectivity index (χ2v) is 8.09. The minimum Gasteiger partial charge on any atom is -0.412 e. The van der Waals surface area contributed by atoms with Gasteiger partial charge < -0.3 is 9.94 Å². The van der Waals surface area contributed by atoms with Crippen molar-refractivity contribution < 1.29 is 9.94 Å². The lowest BCUT2D eigenvalue weighted by Crippen LogP contribution is -2.46. The number of benzene rings is 1. The number of rotatable bonds is 1. The van der Waals surface area contributed by atoms with Crippen LogP contribution in [0.5, 0.6) is 5.75 Å². The predicted octanol–water partition coefficient (Wildman–Crippen LogP) is 3.40. The SMILES string of the molecule is C[C@@H]1Cc2cc(ON)ccc2[C@H]2CC[C@@]3(C)C(CC[C@@H]3O)[C@H]12. The monoisotopic (exact) mass is 301 g/mol. The molecule has 0 spiro atoms. The lowest BCUT2D eigenvalue weighted by molar-refractivity contribution is -0.0356. The van der Waals surface area contributed by atoms with Crippen molar-refractivity contribution in [1.29, 1.82) is 0 Å². The smallest absolute Gasteiger partial charge is 0.147 e. The van der Waals surface area contributed by atoms with Gasteiger partial charge in [-0.25, -0.2) is 0 Å². The third-order valence-corrected chi connectivity index (χ3v) is 7.13. The van der Waals surface area contributed by atoms with Gasteiger partial charge in [0.1, 0.15) is 5.75 Å². The van der Waals surface area contributed by atoms with E-state index in [2.05, 4.69) is 26.0 Å². The molecule has 1 unspecified atom stereocenters. The zero-order valence-electron chi connectivity index (χ0n) is 13.6. The van der Waals surface area contributed by atoms with Crippen LogP contribution in [0.3, 0.4) is 0 Å². The van der Waals surface area contributed by atoms with Gasteiger partial charge in [0.2, 0.25) is 0 Å². The van der Waals surface area contributed by atoms with Gasteiger partial charge in [0.05, 0.1) is 6.10 Å². The third kappa shape index (κ3) is 1.88. The molecule has 1 aromatic carbocycles. The first-order valence-corrected chi connectivity index (χ1v) is 8.72. The summed E-state index contributed by atoms with van der Waals surface area (Å²) in [6, 6.07) is 6.36. The van der Waals surface area contributed by atoms with Crippen molar-refractivity contribution in [2.24, 2.45) is 29.1 Å². The molecule has 3 N–H and O–H groups in total. The first kappa shape index (κ1) is 14.5. The Hall–Kier alpha value is -1.06. The van der Waals surface area contributed by atoms with E-state index >= 15 is 0 Å². The zero-order chi connectivity index (χ0) is 15.5. The highest BCUT2D eigenvalue weighted by molar-refractivity contribution is 5.41. The topological polar surface area (TPSA) is 55.5 Å². The van der Waals surface area contributed by atoms with Crippen LogP contribution in [0.4, 0.5) is 0 Å². The second-order valence-electron chi connectivity index (χ2n) is 8.09. The number of hydrogen-bond acceptors (Lipinski definition) is 3. The molecule has 120 valence electrons. The highest BCUT2D eigenvalue weighted by Gasteiger charge is 2.55. The molecule has 1 aromatic rings. The number of aliphatic hydroxyl groups is 1. The van der Waals surface area contributed by atoms with Crippen LogP contribution >= 0.6 is 0 Å². The number of nitrogens with two attached hydrogens (primary N) is 1. The number of fused-ring (bicyclic) bond motifs is 5. The average Bonchev–Trinajstić information content (AvgIpc) is 2.82. The normalized spacial score (nSPS) is 43.2. The maximum Gasteiger partial charge on any atom is 0.147 e. The maximum atomic E-state index is 10.5. The summed E-state index contributed by atoms with van der Waals surface area (Å²) in [5, 5.41) is 10.5. The molecule has 0 bridgehead atoms. The highest BCUT2D eigenvalue weighted by atomic mass is 16.6. The Labute approximate surface area is 132 Å². The van der Waals surface area contributed by atoms with Crippen molar-refractivity contribution in [2.45, 2.75) is 58.0 Å². The minimum absolute atomic E-state index is 0.0972. The predicted molar refractivity (Wildman–Crippen MR) is 86.4 cm³/mol. The van der Waals surface area contributed by atoms with E-state index in [1.54, 1.807) is 0 Å². The Kier molecular flexibility index (Phi) is 3.28. The Bertz CT molecular complexity index is 587. The number of aliphatic hydroxyl groups excluding tert-OH is 1. The summed E-state index contributed by atoms with van der Waals surface area (Å²) >= 11 is 0. The molecule has 4 rings (SSSR count). The first-order valence-electron chi connectivity index (χ1n) is 8.72. The Morgan fingerprint density at radius 2 is 2.09 bits per heavy atom. The number of hydrogen-bond donors (Lipinski definition) is 2. The first-order chi connectivity index (χ1) is 10.5. The summed E-state index contributed by atoms with van der Waals surface area (Å²) in [5.74, 6) is 8.80. The molecule has 3 aliphatic carbocycles. The van der Waals surface area contributed by atoms with E-state index in [4.69, 9.17) is 10.7 Å². The second kappa shape index (κ2) is 4.97. The summed E-state index contributed by atoms with van der Waals surface area (Å²) in [6.45, 7) is 4.73. The fraction of sp³-hybridized carbons (Fsp3) is 0.684. The quantitative estimate of drug-likeness (QED) is 0.782. The molecular weight excluding hydrogens is 274 g/mol. The van der Waals surface area contributed by atoms with E-state index in [9.17, 15) is 5.11 Å². The van der Waals surface area contributed by atoms with Crippen LogP contribution in [-0.2, 0) is 6.42 Å². The summed E-state index contributed by atoms with van der Waals surface area (Å²) < 4.78 is 0. The molecule has 3 aliphatic rings. The lowest BCUT2D eigenvalue weighted by Gasteiger charge is -2.52. The lowest BCUT2D eigenvalue weighted by atomic mass is 9.53. The molecule has 3 nitrogen and oxygen atoms in total. The van der Waals surface area contributed by atoms with Gasteiger partial charge in [0.15, 0.2) is 0 Å². The maximum absolute atomic E-state index is 10.5. The molecule has 22 heavy (non-hydrogen) atoms. The van der Waals surface area contributed by atoms with Crippen LogP contribution in [0, 0.1) is 23.2 Å². The van der Waals surface area contributed by atoms with Crippen LogP contribution < -0.4 is 10.7 Å². The molecule has 6 atom stereocenters. The van der Waals surface area contributed by atoms with Gasteiger partial charge >= 0.3 is 0 Å². The molecule has 0 saturated heterocycles. The molecule has 0 aromatic heterocycles. The summed E-state index contributed by atoms with van der Waals surface area (Å²) in [7, 11) is 0. The van der Waals surface area contributed by atoms with Crippen LogP contribution in [0.15, 0.2) is 18.2 Å². The zero-order valence-corrected chi connectivity index (χ0v) is 13.6. The van der Waals surface area contributed by atoms with E-state index in [1.165, 1.54) is 24.0 Å². The van der Waals surface area contributed by atoms with Crippen molar-refractivity contribution in [3.63, 3.8) is 0 Å². The fourth-order valence-corrected chi connectivity index (χ4v) is 6.00. The van der Waals surface area contributed by atoms with Gasteiger partial charge in [-0.05, 0) is 84.5 Å². The molecule has 2 fully saturated rings. The Morgan fingerprint density at radius 1 is 1.27 bits per heavy atom. The van der Waals surface area contributed by atoms with Gasteiger partial charge in [0.25, 0.3) is 0 Å². The van der Waals surface area contributed by atoms with Crippen molar-refractivity contribution in [1.82, 2.24) is 0 Å². The summed E-state index contributed by atoms with van der Waals surface area (Å²) in [4.78, 5) is 4.92. The Morgan fingerprint density at radius 3 is 2.86 bits per heavy atom. The van der Waals surface area contributed by atoms with E-state index < -0.39 is 0 Å². The van der Waals surface area contributed by atoms with Crippen molar-refractivity contribution in [3.8, 4) is 5.75 Å². The molecule has 0 aliphatic heterocycles. The van der Waals surface area contributed by atoms with Crippen molar-refractivity contribution >= 4 is 0 Å². The Balaban J connectivity index is 1.73. The van der Waals surface area contributed by atoms with Gasteiger partial charge in [-0.1, -0.05) is 19.9 Å². The van der Waals surface area contributed by atoms with Crippen LogP contribution in [-0.4, -0.2) is 11.2 Å². The van der Waals surface area contributed by atoms with Gasteiger partial charge in [0, 0.05) is 0 Å². The van der Waals surface area contributed by atoms with E-state index in [1.807, 2.05) is 6.07 Å². The average molecular weight is 301 g/mol. The van der Waals surface area contributed by atoms with Gasteiger partial charge in [-0.3, -0.25) is 0 Å². The van der Waals surface area contributed by atoms with E-state index in [-0.39, 0.29) is 11.5 Å². The molecule has 0 radical (unpaired) electrons. The molecule has 3 heteroatoms. The summed E-state index contributed by atoms with van der Waals surface area (Å²) in [5.41, 5.74) is 3.07. The molecule has 0 heterocycles. The minimum atomic E-state index is -0.0972. The van der Waals surface area contributed by atoms with Crippen LogP contribution in [0.25, 0.3) is 0 Å². The van der Waals surface area contributed by atoms with Crippen LogP contribution in [0.2, 0.25) is 0 Å². The van der Waals surface area contributed by atoms with Gasteiger partial charge in [-0.2, -0.15) is 5.90 Å². The van der Waals surface area contributed by atoms with Gasteiger partial charge in [-0.15, -0.1) is 0 Å². The summed E-state index contributed by atoms with van der Waals surface area (Å²) in [6.07, 6.45) is 5.55. The van der Waals surface area contributed by atoms with E-state index in [0.717, 1.165) is 25.0 Å². The third-order valence-electron chi connectivity index (χ3n) is 7.13. The van der Waals surface area contributed by atoms with E-state index in [0.29, 0.717) is 23.7 Å². The molecular formula is C19H27NO2. The van der Waals surface area contributed by atoms with Crippen molar-refractivity contribution in [2.75, 3.05) is 0 Å². The molecule has 0 amide bonds. The van der Waals surface area contributed by atoms with Crippen LogP contribution in [0.1, 0.15) is 56.6 Å². The molecule has 2 saturated carbocycles. The highest BCUT2D eigenvalue weighted by Crippen LogP contribution is 2.62. The largest absolute Gasteiger partial charge is 0.412 e. The fourth-order valence-electron chi connectivity index (χ4n) is 6.00.